The molecule has 6 aromatic rings. The van der Waals surface area contributed by atoms with Crippen molar-refractivity contribution in [1.82, 2.24) is 59.6 Å². The van der Waals surface area contributed by atoms with Crippen molar-refractivity contribution in [3.8, 4) is 0 Å². The Balaban J connectivity index is 0.000000138. The Bertz CT molecular complexity index is 3270. The number of amides is 3. The Hall–Kier alpha value is -7.46. The standard InChI is InChI=1S/C21H28FN5O.2C19H23F2N5O/c1-6-15(28)27-10-13(8-7-12(27)2)26-19-16-14(9-23-18(16)24-11-25-19)17-20(3,4)21(17,5)22;2*1-4-14(27)26-8-12(6-5-10(26)2)25-18-15-13(16-11(3)19(16,20)21)7-22-17(15)23-9-24-18/h6,9,11-13,17H,1,7-8,10H2,2-5H3,(H2,23,24,25,26);2*4,7,9-12,16H,1,5-6,8H2,2-3H3,(H2,22,23,24,25)/t12-,13+,17+,21?;10-,11+,12+,16+;10-,11-,12+,16-/m000/s1. The lowest BCUT2D eigenvalue weighted by atomic mass is 9.98. The van der Waals surface area contributed by atoms with Crippen molar-refractivity contribution >= 4 is 68.3 Å². The molecule has 82 heavy (non-hydrogen) atoms. The Morgan fingerprint density at radius 3 is 1.06 bits per heavy atom. The fourth-order valence-corrected chi connectivity index (χ4v) is 13.1. The molecule has 9 heterocycles. The first kappa shape index (κ1) is 57.8. The van der Waals surface area contributed by atoms with Crippen molar-refractivity contribution in [2.75, 3.05) is 35.6 Å². The number of aromatic nitrogens is 9. The van der Waals surface area contributed by atoms with Crippen molar-refractivity contribution in [2.45, 2.75) is 165 Å². The van der Waals surface area contributed by atoms with Gasteiger partial charge in [-0.25, -0.2) is 51.9 Å². The van der Waals surface area contributed by atoms with Crippen LogP contribution in [0, 0.1) is 17.3 Å². The van der Waals surface area contributed by atoms with E-state index in [1.807, 2.05) is 38.8 Å². The van der Waals surface area contributed by atoms with Gasteiger partial charge in [0.1, 0.15) is 59.0 Å². The van der Waals surface area contributed by atoms with Gasteiger partial charge in [0.25, 0.3) is 11.8 Å². The van der Waals surface area contributed by atoms with E-state index in [2.05, 4.69) is 87.5 Å². The summed E-state index contributed by atoms with van der Waals surface area (Å²) in [5.74, 6) is -7.10. The molecule has 3 aliphatic heterocycles. The van der Waals surface area contributed by atoms with E-state index in [0.717, 1.165) is 49.5 Å². The molecule has 23 heteroatoms. The van der Waals surface area contributed by atoms with Gasteiger partial charge in [-0.3, -0.25) is 14.4 Å². The van der Waals surface area contributed by atoms with Crippen LogP contribution in [-0.2, 0) is 14.4 Å². The second-order valence-corrected chi connectivity index (χ2v) is 24.1. The van der Waals surface area contributed by atoms with Gasteiger partial charge in [0.2, 0.25) is 17.7 Å². The summed E-state index contributed by atoms with van der Waals surface area (Å²) < 4.78 is 70.9. The number of piperidine rings is 3. The van der Waals surface area contributed by atoms with E-state index < -0.39 is 46.6 Å². The summed E-state index contributed by atoms with van der Waals surface area (Å²) >= 11 is 0. The highest BCUT2D eigenvalue weighted by Crippen LogP contribution is 2.70. The number of rotatable bonds is 12. The normalized spacial score (nSPS) is 30.3. The minimum atomic E-state index is -2.70. The van der Waals surface area contributed by atoms with Gasteiger partial charge < -0.3 is 45.6 Å². The zero-order valence-corrected chi connectivity index (χ0v) is 47.7. The number of nitrogens with one attached hydrogen (secondary N) is 6. The number of H-pyrrole nitrogens is 3. The Morgan fingerprint density at radius 2 is 0.793 bits per heavy atom. The van der Waals surface area contributed by atoms with Crippen LogP contribution in [0.4, 0.5) is 39.4 Å². The number of aromatic amines is 3. The SMILES string of the molecule is C=CC(=O)N1C[C@H](Nc2ncnc3[nH]cc([C@@H]4C(C)(C)C4(C)F)c23)CC[C@@H]1C.C=CC(=O)N1C[C@H](Nc2ncnc3[nH]cc([C@@H]4[C@H](C)C4(F)F)c23)CC[C@@H]1C.C=CC(=O)N1C[C@H](Nc2ncnc3[nH]cc([C@H]4[C@@H](C)C4(F)F)c23)CC[C@@H]1C. The molecule has 1 unspecified atom stereocenters. The summed E-state index contributed by atoms with van der Waals surface area (Å²) in [5.41, 5.74) is 2.11. The van der Waals surface area contributed by atoms with Crippen LogP contribution < -0.4 is 16.0 Å². The maximum Gasteiger partial charge on any atom is 0.258 e. The van der Waals surface area contributed by atoms with E-state index in [4.69, 9.17) is 0 Å². The topological polar surface area (TPSA) is 222 Å². The number of fused-ring (bicyclic) bond motifs is 3. The van der Waals surface area contributed by atoms with E-state index in [1.165, 1.54) is 37.2 Å². The molecule has 3 aliphatic carbocycles. The van der Waals surface area contributed by atoms with E-state index in [9.17, 15) is 31.9 Å². The van der Waals surface area contributed by atoms with Crippen LogP contribution in [0.2, 0.25) is 0 Å². The molecule has 6 aliphatic rings. The summed E-state index contributed by atoms with van der Waals surface area (Å²) in [6.07, 6.45) is 18.7. The van der Waals surface area contributed by atoms with Gasteiger partial charge in [-0.1, -0.05) is 47.4 Å². The molecule has 6 fully saturated rings. The smallest absolute Gasteiger partial charge is 0.258 e. The van der Waals surface area contributed by atoms with Crippen LogP contribution in [-0.4, -0.2) is 151 Å². The summed E-state index contributed by atoms with van der Waals surface area (Å²) in [4.78, 5) is 76.6. The molecular formula is C59H74F5N15O3. The van der Waals surface area contributed by atoms with Gasteiger partial charge in [0.15, 0.2) is 0 Å². The van der Waals surface area contributed by atoms with Crippen LogP contribution >= 0.6 is 0 Å². The monoisotopic (exact) mass is 1140 g/mol. The molecule has 18 nitrogen and oxygen atoms in total. The van der Waals surface area contributed by atoms with Crippen LogP contribution in [0.5, 0.6) is 0 Å². The molecule has 3 amide bonds. The number of hydrogen-bond acceptors (Lipinski definition) is 12. The van der Waals surface area contributed by atoms with Gasteiger partial charge >= 0.3 is 0 Å². The number of alkyl halides is 5. The highest BCUT2D eigenvalue weighted by Gasteiger charge is 2.71. The van der Waals surface area contributed by atoms with Gasteiger partial charge in [-0.05, 0) is 101 Å². The average molecular weight is 1140 g/mol. The number of carbonyl (C=O) groups is 3. The molecule has 0 aromatic carbocycles. The predicted molar refractivity (Wildman–Crippen MR) is 305 cm³/mol. The maximum absolute atomic E-state index is 15.0. The van der Waals surface area contributed by atoms with Crippen molar-refractivity contribution in [2.24, 2.45) is 17.3 Å². The molecule has 3 saturated carbocycles. The number of likely N-dealkylation sites (tertiary alicyclic amines) is 3. The molecular weight excluding hydrogens is 1060 g/mol. The lowest BCUT2D eigenvalue weighted by Gasteiger charge is -2.38. The molecule has 12 atom stereocenters. The zero-order valence-electron chi connectivity index (χ0n) is 47.7. The maximum atomic E-state index is 15.0. The first-order valence-electron chi connectivity index (χ1n) is 28.4. The van der Waals surface area contributed by atoms with Gasteiger partial charge in [0.05, 0.1) is 28.0 Å². The minimum Gasteiger partial charge on any atom is -0.365 e. The van der Waals surface area contributed by atoms with Crippen LogP contribution in [0.25, 0.3) is 33.1 Å². The largest absolute Gasteiger partial charge is 0.365 e. The average Bonchev–Trinajstić information content (AvgIpc) is 2.66. The third-order valence-corrected chi connectivity index (χ3v) is 18.8. The Labute approximate surface area is 473 Å². The van der Waals surface area contributed by atoms with Gasteiger partial charge in [-0.15, -0.1) is 0 Å². The molecule has 3 saturated heterocycles. The molecule has 0 spiro atoms. The Morgan fingerprint density at radius 1 is 0.512 bits per heavy atom. The number of carbonyl (C=O) groups excluding carboxylic acids is 3. The summed E-state index contributed by atoms with van der Waals surface area (Å²) in [6, 6.07) is 0.535. The van der Waals surface area contributed by atoms with Crippen LogP contribution in [0.1, 0.15) is 128 Å². The van der Waals surface area contributed by atoms with Gasteiger partial charge in [0, 0.05) is 97.6 Å². The number of hydrogen-bond donors (Lipinski definition) is 6. The first-order valence-corrected chi connectivity index (χ1v) is 28.4. The molecule has 6 N–H and O–H groups in total. The third-order valence-electron chi connectivity index (χ3n) is 18.8. The molecule has 0 bridgehead atoms. The van der Waals surface area contributed by atoms with Crippen LogP contribution in [0.3, 0.4) is 0 Å². The van der Waals surface area contributed by atoms with E-state index in [0.29, 0.717) is 75.9 Å². The quantitative estimate of drug-likeness (QED) is 0.0498. The summed E-state index contributed by atoms with van der Waals surface area (Å²) in [6.45, 7) is 27.1. The van der Waals surface area contributed by atoms with Crippen molar-refractivity contribution in [3.63, 3.8) is 0 Å². The lowest BCUT2D eigenvalue weighted by molar-refractivity contribution is -0.130. The molecule has 12 rings (SSSR count). The van der Waals surface area contributed by atoms with Crippen molar-refractivity contribution in [1.29, 1.82) is 0 Å². The fraction of sp³-hybridized carbons (Fsp3) is 0.542. The van der Waals surface area contributed by atoms with Crippen LogP contribution in [0.15, 0.2) is 75.5 Å². The summed E-state index contributed by atoms with van der Waals surface area (Å²) in [7, 11) is 0. The first-order chi connectivity index (χ1) is 38.9. The fourth-order valence-electron chi connectivity index (χ4n) is 13.1. The third kappa shape index (κ3) is 10.3. The van der Waals surface area contributed by atoms with E-state index in [-0.39, 0.29) is 59.9 Å². The molecule has 0 radical (unpaired) electrons. The number of anilines is 3. The van der Waals surface area contributed by atoms with E-state index in [1.54, 1.807) is 43.0 Å². The second kappa shape index (κ2) is 21.7. The number of nitrogens with zero attached hydrogens (tertiary/aromatic N) is 9. The number of halogens is 5. The van der Waals surface area contributed by atoms with E-state index >= 15 is 4.39 Å². The highest BCUT2D eigenvalue weighted by molar-refractivity contribution is 5.94. The van der Waals surface area contributed by atoms with Crippen molar-refractivity contribution < 1.29 is 36.3 Å². The molecule has 438 valence electrons. The Kier molecular flexibility index (Phi) is 15.3. The highest BCUT2D eigenvalue weighted by atomic mass is 19.3. The van der Waals surface area contributed by atoms with Gasteiger partial charge in [-0.2, -0.15) is 0 Å². The molecule has 6 aromatic heterocycles. The second-order valence-electron chi connectivity index (χ2n) is 24.1. The lowest BCUT2D eigenvalue weighted by Crippen LogP contribution is -2.49. The summed E-state index contributed by atoms with van der Waals surface area (Å²) in [5, 5.41) is 12.3. The zero-order chi connectivity index (χ0) is 59.0. The van der Waals surface area contributed by atoms with Crippen molar-refractivity contribution in [3.05, 3.63) is 92.2 Å². The predicted octanol–water partition coefficient (Wildman–Crippen LogP) is 10.4. The minimum absolute atomic E-state index is 0.0110.